The van der Waals surface area contributed by atoms with Gasteiger partial charge in [-0.25, -0.2) is 14.4 Å². The summed E-state index contributed by atoms with van der Waals surface area (Å²) in [6.07, 6.45) is 1.29. The molecule has 0 radical (unpaired) electrons. The molecule has 0 saturated heterocycles. The quantitative estimate of drug-likeness (QED) is 0.275. The van der Waals surface area contributed by atoms with Gasteiger partial charge in [0.05, 0.1) is 6.08 Å². The van der Waals surface area contributed by atoms with E-state index in [0.29, 0.717) is 0 Å². The van der Waals surface area contributed by atoms with E-state index in [1.54, 1.807) is 18.2 Å². The van der Waals surface area contributed by atoms with Gasteiger partial charge in [-0.2, -0.15) is 0 Å². The fourth-order valence-electron chi connectivity index (χ4n) is 1.49. The van der Waals surface area contributed by atoms with Crippen molar-refractivity contribution in [1.29, 1.82) is 0 Å². The van der Waals surface area contributed by atoms with E-state index in [4.69, 9.17) is 4.74 Å². The van der Waals surface area contributed by atoms with Crippen LogP contribution in [0.3, 0.4) is 0 Å². The second-order valence-corrected chi connectivity index (χ2v) is 3.65. The van der Waals surface area contributed by atoms with Crippen molar-refractivity contribution in [2.45, 2.75) is 12.0 Å². The van der Waals surface area contributed by atoms with Crippen LogP contribution < -0.4 is 0 Å². The fourth-order valence-corrected chi connectivity index (χ4v) is 1.49. The van der Waals surface area contributed by atoms with E-state index in [2.05, 4.69) is 22.3 Å². The number of aliphatic imine (C=N–C) groups is 2. The summed E-state index contributed by atoms with van der Waals surface area (Å²) in [7, 11) is 0. The number of ether oxygens (including phenoxy) is 1. The van der Waals surface area contributed by atoms with Gasteiger partial charge in [0, 0.05) is 0 Å². The molecule has 0 aromatic heterocycles. The van der Waals surface area contributed by atoms with Crippen LogP contribution in [-0.4, -0.2) is 29.1 Å². The van der Waals surface area contributed by atoms with Gasteiger partial charge in [-0.3, -0.25) is 0 Å². The lowest BCUT2D eigenvalue weighted by molar-refractivity contribution is -0.165. The van der Waals surface area contributed by atoms with Crippen LogP contribution in [0.5, 0.6) is 0 Å². The molecule has 0 aliphatic rings. The summed E-state index contributed by atoms with van der Waals surface area (Å²) in [4.78, 5) is 38.9. The zero-order valence-electron chi connectivity index (χ0n) is 10.7. The Kier molecular flexibility index (Phi) is 5.71. The van der Waals surface area contributed by atoms with Gasteiger partial charge in [-0.15, -0.1) is 15.7 Å². The first kappa shape index (κ1) is 16.0. The van der Waals surface area contributed by atoms with Crippen LogP contribution in [0, 0.1) is 0 Å². The third-order valence-corrected chi connectivity index (χ3v) is 2.35. The van der Waals surface area contributed by atoms with Crippen molar-refractivity contribution in [2.75, 3.05) is 0 Å². The van der Waals surface area contributed by atoms with Gasteiger partial charge in [-0.05, 0) is 5.56 Å². The Labute approximate surface area is 119 Å². The molecule has 1 aromatic rings. The first-order valence-electron chi connectivity index (χ1n) is 5.59. The van der Waals surface area contributed by atoms with E-state index in [-0.39, 0.29) is 5.56 Å². The molecule has 0 heterocycles. The van der Waals surface area contributed by atoms with Crippen LogP contribution in [0.1, 0.15) is 11.7 Å². The summed E-state index contributed by atoms with van der Waals surface area (Å²) in [6.45, 7) is 3.17. The van der Waals surface area contributed by atoms with Crippen LogP contribution >= 0.6 is 0 Å². The minimum atomic E-state index is -2.50. The zero-order valence-corrected chi connectivity index (χ0v) is 10.7. The van der Waals surface area contributed by atoms with Crippen molar-refractivity contribution in [3.8, 4) is 0 Å². The normalized spacial score (nSPS) is 13.4. The summed E-state index contributed by atoms with van der Waals surface area (Å²) in [5.74, 6) is -3.56. The Morgan fingerprint density at radius 1 is 1.29 bits per heavy atom. The number of carbonyl (C=O) groups is 1. The topological polar surface area (TPSA) is 105 Å². The van der Waals surface area contributed by atoms with E-state index >= 15 is 0 Å². The second-order valence-electron chi connectivity index (χ2n) is 3.65. The molecule has 1 aromatic carbocycles. The molecular weight excluding hydrogens is 276 g/mol. The highest BCUT2D eigenvalue weighted by Gasteiger charge is 2.43. The van der Waals surface area contributed by atoms with Crippen LogP contribution in [0.15, 0.2) is 58.7 Å². The molecule has 0 spiro atoms. The van der Waals surface area contributed by atoms with Gasteiger partial charge in [0.2, 0.25) is 12.2 Å². The lowest BCUT2D eigenvalue weighted by Gasteiger charge is -2.26. The van der Waals surface area contributed by atoms with Crippen molar-refractivity contribution in [1.82, 2.24) is 0 Å². The average Bonchev–Trinajstić information content (AvgIpc) is 2.48. The molecule has 1 atom stereocenters. The van der Waals surface area contributed by atoms with Crippen molar-refractivity contribution >= 4 is 18.1 Å². The molecule has 106 valence electrons. The van der Waals surface area contributed by atoms with Gasteiger partial charge in [0.25, 0.3) is 0 Å². The van der Waals surface area contributed by atoms with Crippen molar-refractivity contribution < 1.29 is 24.2 Å². The molecule has 21 heavy (non-hydrogen) atoms. The Morgan fingerprint density at radius 2 is 1.86 bits per heavy atom. The Hall–Kier alpha value is -3.07. The molecule has 0 fully saturated rings. The first-order chi connectivity index (χ1) is 10.1. The number of isocyanates is 2. The summed E-state index contributed by atoms with van der Waals surface area (Å²) in [6, 6.07) is 7.79. The monoisotopic (exact) mass is 286 g/mol. The predicted octanol–water partition coefficient (Wildman–Crippen LogP) is 0.930. The third kappa shape index (κ3) is 3.94. The minimum absolute atomic E-state index is 0.214. The SMILES string of the molecule is C=C=CC(=O)OC(N=C=O)(N=C=O)C(O)c1ccccc1. The van der Waals surface area contributed by atoms with E-state index in [0.717, 1.165) is 18.2 Å². The number of hydrogen-bond donors (Lipinski definition) is 1. The number of aliphatic hydroxyl groups is 1. The molecule has 1 N–H and O–H groups in total. The molecule has 0 amide bonds. The number of nitrogens with zero attached hydrogens (tertiary/aromatic N) is 2. The number of rotatable bonds is 6. The molecule has 0 bridgehead atoms. The van der Waals surface area contributed by atoms with Gasteiger partial charge >= 0.3 is 11.8 Å². The van der Waals surface area contributed by atoms with E-state index in [9.17, 15) is 19.5 Å². The molecule has 7 heteroatoms. The maximum Gasteiger partial charge on any atom is 0.352 e. The van der Waals surface area contributed by atoms with Gasteiger partial charge in [0.15, 0.2) is 6.10 Å². The highest BCUT2D eigenvalue weighted by atomic mass is 16.6. The smallest absolute Gasteiger partial charge is 0.352 e. The molecule has 1 unspecified atom stereocenters. The Balaban J connectivity index is 3.35. The summed E-state index contributed by atoms with van der Waals surface area (Å²) in [5, 5.41) is 10.2. The lowest BCUT2D eigenvalue weighted by Crippen LogP contribution is -2.37. The van der Waals surface area contributed by atoms with Crippen LogP contribution in [0.4, 0.5) is 0 Å². The number of hydrogen-bond acceptors (Lipinski definition) is 7. The van der Waals surface area contributed by atoms with Crippen molar-refractivity contribution in [3.63, 3.8) is 0 Å². The second kappa shape index (κ2) is 7.50. The van der Waals surface area contributed by atoms with Crippen molar-refractivity contribution in [2.24, 2.45) is 9.98 Å². The Morgan fingerprint density at radius 3 is 2.33 bits per heavy atom. The zero-order chi connectivity index (χ0) is 15.7. The molecule has 7 nitrogen and oxygen atoms in total. The highest BCUT2D eigenvalue weighted by molar-refractivity contribution is 5.82. The van der Waals surface area contributed by atoms with Crippen molar-refractivity contribution in [3.05, 3.63) is 54.3 Å². The third-order valence-electron chi connectivity index (χ3n) is 2.35. The number of benzene rings is 1. The van der Waals surface area contributed by atoms with E-state index < -0.39 is 17.9 Å². The highest BCUT2D eigenvalue weighted by Crippen LogP contribution is 2.32. The Bertz CT molecular complexity index is 633. The van der Waals surface area contributed by atoms with Crippen LogP contribution in [0.2, 0.25) is 0 Å². The maximum atomic E-state index is 11.5. The fraction of sp³-hybridized carbons (Fsp3) is 0.143. The maximum absolute atomic E-state index is 11.5. The average molecular weight is 286 g/mol. The summed E-state index contributed by atoms with van der Waals surface area (Å²) in [5.41, 5.74) is 2.36. The van der Waals surface area contributed by atoms with E-state index in [1.165, 1.54) is 12.1 Å². The molecule has 0 aliphatic heterocycles. The number of aliphatic hydroxyl groups excluding tert-OH is 1. The van der Waals surface area contributed by atoms with Gasteiger partial charge in [0.1, 0.15) is 0 Å². The van der Waals surface area contributed by atoms with Gasteiger partial charge in [-0.1, -0.05) is 36.9 Å². The predicted molar refractivity (Wildman–Crippen MR) is 70.2 cm³/mol. The number of carbonyl (C=O) groups excluding carboxylic acids is 3. The minimum Gasteiger partial charge on any atom is -0.408 e. The van der Waals surface area contributed by atoms with Crippen LogP contribution in [0.25, 0.3) is 0 Å². The number of esters is 1. The van der Waals surface area contributed by atoms with E-state index in [1.807, 2.05) is 0 Å². The summed E-state index contributed by atoms with van der Waals surface area (Å²) < 4.78 is 4.77. The lowest BCUT2D eigenvalue weighted by atomic mass is 10.1. The molecule has 1 rings (SSSR count). The first-order valence-corrected chi connectivity index (χ1v) is 5.59. The molecule has 0 aliphatic carbocycles. The largest absolute Gasteiger partial charge is 0.408 e. The molecular formula is C14H10N2O5. The molecule has 0 saturated carbocycles. The standard InChI is InChI=1S/C14H10N2O5/c1-2-6-12(19)21-14(15-9-17,16-10-18)13(20)11-7-4-3-5-8-11/h3-8,13,20H,1H2. The van der Waals surface area contributed by atoms with Gasteiger partial charge < -0.3 is 9.84 Å². The summed E-state index contributed by atoms with van der Waals surface area (Å²) >= 11 is 0. The van der Waals surface area contributed by atoms with Crippen LogP contribution in [-0.2, 0) is 19.1 Å².